The van der Waals surface area contributed by atoms with Gasteiger partial charge in [0, 0.05) is 30.7 Å². The lowest BCUT2D eigenvalue weighted by molar-refractivity contribution is 0.413. The molecular weight excluding hydrogens is 333 g/mol. The third kappa shape index (κ3) is 3.06. The van der Waals surface area contributed by atoms with Gasteiger partial charge in [-0.3, -0.25) is 9.38 Å². The zero-order chi connectivity index (χ0) is 17.9. The lowest BCUT2D eigenvalue weighted by Gasteiger charge is -2.08. The number of fused-ring (bicyclic) bond motifs is 1. The smallest absolute Gasteiger partial charge is 0.180 e. The van der Waals surface area contributed by atoms with E-state index in [1.807, 2.05) is 16.7 Å². The number of hydrogen-bond donors (Lipinski definition) is 1. The Morgan fingerprint density at radius 3 is 2.77 bits per heavy atom. The standard InChI is InChI=1S/C19H16FN5O/c1-26-16-8-14(10-21-11-16)17-12-24-19-18(22-6-7-25(17)19)23-9-13-2-4-15(20)5-3-13/h2-8,10-12H,9H2,1H3,(H,22,23). The predicted molar refractivity (Wildman–Crippen MR) is 96.5 cm³/mol. The first kappa shape index (κ1) is 16.0. The fourth-order valence-corrected chi connectivity index (χ4v) is 2.72. The molecule has 1 N–H and O–H groups in total. The number of ether oxygens (including phenoxy) is 1. The van der Waals surface area contributed by atoms with E-state index in [-0.39, 0.29) is 5.82 Å². The van der Waals surface area contributed by atoms with E-state index in [1.165, 1.54) is 12.1 Å². The van der Waals surface area contributed by atoms with Gasteiger partial charge in [0.2, 0.25) is 0 Å². The molecule has 0 aliphatic rings. The Balaban J connectivity index is 1.65. The number of methoxy groups -OCH3 is 1. The van der Waals surface area contributed by atoms with Crippen LogP contribution in [0.15, 0.2) is 61.3 Å². The van der Waals surface area contributed by atoms with Gasteiger partial charge >= 0.3 is 0 Å². The summed E-state index contributed by atoms with van der Waals surface area (Å²) >= 11 is 0. The van der Waals surface area contributed by atoms with Crippen LogP contribution in [0.2, 0.25) is 0 Å². The lowest BCUT2D eigenvalue weighted by atomic mass is 10.2. The molecule has 0 amide bonds. The highest BCUT2D eigenvalue weighted by molar-refractivity contribution is 5.70. The highest BCUT2D eigenvalue weighted by atomic mass is 19.1. The van der Waals surface area contributed by atoms with Crippen molar-refractivity contribution in [3.8, 4) is 17.0 Å². The second-order valence-corrected chi connectivity index (χ2v) is 5.71. The second-order valence-electron chi connectivity index (χ2n) is 5.71. The number of rotatable bonds is 5. The van der Waals surface area contributed by atoms with Crippen LogP contribution < -0.4 is 10.1 Å². The third-order valence-electron chi connectivity index (χ3n) is 4.05. The minimum absolute atomic E-state index is 0.251. The zero-order valence-corrected chi connectivity index (χ0v) is 14.1. The molecule has 0 aliphatic heterocycles. The van der Waals surface area contributed by atoms with Crippen molar-refractivity contribution in [3.63, 3.8) is 0 Å². The van der Waals surface area contributed by atoms with E-state index >= 15 is 0 Å². The van der Waals surface area contributed by atoms with Gasteiger partial charge in [0.25, 0.3) is 0 Å². The van der Waals surface area contributed by atoms with E-state index in [1.54, 1.807) is 44.0 Å². The Hall–Kier alpha value is -3.48. The van der Waals surface area contributed by atoms with E-state index in [0.717, 1.165) is 16.8 Å². The SMILES string of the molecule is COc1cncc(-c2cnc3c(NCc4ccc(F)cc4)nccn23)c1. The fraction of sp³-hybridized carbons (Fsp3) is 0.105. The Kier molecular flexibility index (Phi) is 4.18. The van der Waals surface area contributed by atoms with Gasteiger partial charge < -0.3 is 10.1 Å². The molecule has 0 atom stereocenters. The maximum Gasteiger partial charge on any atom is 0.180 e. The summed E-state index contributed by atoms with van der Waals surface area (Å²) in [6.07, 6.45) is 8.75. The number of pyridine rings is 1. The predicted octanol–water partition coefficient (Wildman–Crippen LogP) is 3.55. The fourth-order valence-electron chi connectivity index (χ4n) is 2.72. The number of benzene rings is 1. The van der Waals surface area contributed by atoms with Crippen LogP contribution in [0.1, 0.15) is 5.56 Å². The number of halogens is 1. The Morgan fingerprint density at radius 1 is 1.12 bits per heavy atom. The third-order valence-corrected chi connectivity index (χ3v) is 4.05. The molecule has 0 saturated carbocycles. The van der Waals surface area contributed by atoms with E-state index in [4.69, 9.17) is 4.74 Å². The van der Waals surface area contributed by atoms with Gasteiger partial charge in [0.15, 0.2) is 11.5 Å². The van der Waals surface area contributed by atoms with Gasteiger partial charge in [0.05, 0.1) is 25.2 Å². The summed E-state index contributed by atoms with van der Waals surface area (Å²) in [5.41, 5.74) is 3.44. The van der Waals surface area contributed by atoms with E-state index < -0.39 is 0 Å². The average Bonchev–Trinajstić information content (AvgIpc) is 3.12. The molecule has 1 aromatic carbocycles. The molecule has 3 aromatic heterocycles. The molecule has 4 aromatic rings. The van der Waals surface area contributed by atoms with Gasteiger partial charge in [-0.15, -0.1) is 0 Å². The van der Waals surface area contributed by atoms with Crippen LogP contribution in [0.4, 0.5) is 10.2 Å². The summed E-state index contributed by atoms with van der Waals surface area (Å²) in [6.45, 7) is 0.524. The molecule has 0 unspecified atom stereocenters. The molecule has 7 heteroatoms. The summed E-state index contributed by atoms with van der Waals surface area (Å²) in [5.74, 6) is 1.08. The van der Waals surface area contributed by atoms with Gasteiger partial charge in [-0.25, -0.2) is 14.4 Å². The number of nitrogens with one attached hydrogen (secondary N) is 1. The van der Waals surface area contributed by atoms with Crippen LogP contribution in [-0.2, 0) is 6.54 Å². The molecule has 6 nitrogen and oxygen atoms in total. The van der Waals surface area contributed by atoms with Crippen LogP contribution in [0.5, 0.6) is 5.75 Å². The molecule has 0 bridgehead atoms. The highest BCUT2D eigenvalue weighted by Gasteiger charge is 2.11. The Bertz CT molecular complexity index is 1050. The maximum absolute atomic E-state index is 13.0. The van der Waals surface area contributed by atoms with Crippen molar-refractivity contribution < 1.29 is 9.13 Å². The summed E-state index contributed by atoms with van der Waals surface area (Å²) < 4.78 is 20.2. The van der Waals surface area contributed by atoms with Crippen LogP contribution in [0.25, 0.3) is 16.9 Å². The van der Waals surface area contributed by atoms with Gasteiger partial charge in [-0.1, -0.05) is 12.1 Å². The minimum Gasteiger partial charge on any atom is -0.495 e. The summed E-state index contributed by atoms with van der Waals surface area (Å²) in [5, 5.41) is 3.25. The van der Waals surface area contributed by atoms with Crippen molar-refractivity contribution in [2.45, 2.75) is 6.54 Å². The minimum atomic E-state index is -0.251. The molecule has 0 aliphatic carbocycles. The van der Waals surface area contributed by atoms with E-state index in [9.17, 15) is 4.39 Å². The van der Waals surface area contributed by atoms with Crippen molar-refractivity contribution in [3.05, 3.63) is 72.7 Å². The molecule has 3 heterocycles. The molecule has 0 fully saturated rings. The molecule has 26 heavy (non-hydrogen) atoms. The normalized spacial score (nSPS) is 10.8. The van der Waals surface area contributed by atoms with E-state index in [2.05, 4.69) is 20.3 Å². The van der Waals surface area contributed by atoms with Crippen molar-refractivity contribution >= 4 is 11.5 Å². The molecule has 4 rings (SSSR count). The zero-order valence-electron chi connectivity index (χ0n) is 14.1. The van der Waals surface area contributed by atoms with E-state index in [0.29, 0.717) is 23.8 Å². The van der Waals surface area contributed by atoms with Crippen LogP contribution >= 0.6 is 0 Å². The number of nitrogens with zero attached hydrogens (tertiary/aromatic N) is 4. The number of anilines is 1. The summed E-state index contributed by atoms with van der Waals surface area (Å²) in [7, 11) is 1.61. The first-order valence-corrected chi connectivity index (χ1v) is 8.04. The van der Waals surface area contributed by atoms with Gasteiger partial charge in [0.1, 0.15) is 11.6 Å². The largest absolute Gasteiger partial charge is 0.495 e. The second kappa shape index (κ2) is 6.79. The number of hydrogen-bond acceptors (Lipinski definition) is 5. The van der Waals surface area contributed by atoms with Crippen LogP contribution in [0.3, 0.4) is 0 Å². The molecule has 0 saturated heterocycles. The van der Waals surface area contributed by atoms with Crippen molar-refractivity contribution in [1.82, 2.24) is 19.4 Å². The van der Waals surface area contributed by atoms with Crippen LogP contribution in [-0.4, -0.2) is 26.5 Å². The topological polar surface area (TPSA) is 64.3 Å². The molecular formula is C19H16FN5O. The quantitative estimate of drug-likeness (QED) is 0.597. The molecule has 0 spiro atoms. The summed E-state index contributed by atoms with van der Waals surface area (Å²) in [4.78, 5) is 13.1. The lowest BCUT2D eigenvalue weighted by Crippen LogP contribution is -2.04. The first-order chi connectivity index (χ1) is 12.7. The highest BCUT2D eigenvalue weighted by Crippen LogP contribution is 2.25. The molecule has 130 valence electrons. The molecule has 0 radical (unpaired) electrons. The summed E-state index contributed by atoms with van der Waals surface area (Å²) in [6, 6.07) is 8.26. The number of imidazole rings is 1. The van der Waals surface area contributed by atoms with Gasteiger partial charge in [-0.2, -0.15) is 0 Å². The Labute approximate surface area is 149 Å². The van der Waals surface area contributed by atoms with Crippen LogP contribution in [0, 0.1) is 5.82 Å². The average molecular weight is 349 g/mol. The number of aromatic nitrogens is 4. The Morgan fingerprint density at radius 2 is 1.96 bits per heavy atom. The van der Waals surface area contributed by atoms with Crippen molar-refractivity contribution in [2.75, 3.05) is 12.4 Å². The van der Waals surface area contributed by atoms with Gasteiger partial charge in [-0.05, 0) is 23.8 Å². The monoisotopic (exact) mass is 349 g/mol. The van der Waals surface area contributed by atoms with Crippen molar-refractivity contribution in [1.29, 1.82) is 0 Å². The maximum atomic E-state index is 13.0. The van der Waals surface area contributed by atoms with Crippen molar-refractivity contribution in [2.24, 2.45) is 0 Å². The first-order valence-electron chi connectivity index (χ1n) is 8.04.